The third-order valence-corrected chi connectivity index (χ3v) is 6.11. The van der Waals surface area contributed by atoms with E-state index < -0.39 is 0 Å². The molecule has 1 heterocycles. The summed E-state index contributed by atoms with van der Waals surface area (Å²) in [6, 6.07) is 26.7. The van der Waals surface area contributed by atoms with Crippen LogP contribution < -0.4 is 4.74 Å². The molecule has 0 amide bonds. The zero-order chi connectivity index (χ0) is 18.0. The van der Waals surface area contributed by atoms with Crippen LogP contribution >= 0.6 is 0 Å². The predicted octanol–water partition coefficient (Wildman–Crippen LogP) is 6.24. The topological polar surface area (TPSA) is 9.23 Å². The van der Waals surface area contributed by atoms with Crippen molar-refractivity contribution in [3.8, 4) is 16.9 Å². The molecule has 27 heavy (non-hydrogen) atoms. The monoisotopic (exact) mass is 348 g/mol. The Bertz CT molecular complexity index is 1200. The van der Waals surface area contributed by atoms with Gasteiger partial charge in [0.15, 0.2) is 0 Å². The van der Waals surface area contributed by atoms with Gasteiger partial charge in [-0.2, -0.15) is 0 Å². The molecule has 0 aromatic heterocycles. The zero-order valence-corrected chi connectivity index (χ0v) is 15.3. The van der Waals surface area contributed by atoms with E-state index in [1.165, 1.54) is 49.7 Å². The van der Waals surface area contributed by atoms with Crippen LogP contribution in [0, 0.1) is 6.92 Å². The summed E-state index contributed by atoms with van der Waals surface area (Å²) < 4.78 is 6.12. The van der Waals surface area contributed by atoms with Gasteiger partial charge in [-0.25, -0.2) is 0 Å². The van der Waals surface area contributed by atoms with Crippen LogP contribution in [-0.4, -0.2) is 6.61 Å². The maximum absolute atomic E-state index is 6.12. The van der Waals surface area contributed by atoms with Crippen molar-refractivity contribution < 1.29 is 4.74 Å². The molecular weight excluding hydrogens is 328 g/mol. The molecule has 0 saturated heterocycles. The van der Waals surface area contributed by atoms with Gasteiger partial charge in [0.2, 0.25) is 0 Å². The SMILES string of the molecule is Cc1ccc2c(c1)C(c1ccccc1)c1c-2c2c(c3ccccc13)OCC2. The number of aryl methyl sites for hydroxylation is 1. The van der Waals surface area contributed by atoms with Crippen molar-refractivity contribution in [2.75, 3.05) is 6.61 Å². The minimum absolute atomic E-state index is 0.284. The molecule has 0 N–H and O–H groups in total. The quantitative estimate of drug-likeness (QED) is 0.348. The number of hydrogen-bond acceptors (Lipinski definition) is 1. The van der Waals surface area contributed by atoms with E-state index in [0.717, 1.165) is 18.8 Å². The standard InChI is InChI=1S/C26H20O/c1-16-11-12-19-22(15-16)23(17-7-3-2-4-8-17)25-18-9-5-6-10-20(18)26-21(24(19)25)13-14-27-26/h2-12,15,23H,13-14H2,1H3. The number of rotatable bonds is 1. The number of benzene rings is 4. The fraction of sp³-hybridized carbons (Fsp3) is 0.154. The molecule has 1 aliphatic carbocycles. The summed E-state index contributed by atoms with van der Waals surface area (Å²) in [6.45, 7) is 2.98. The van der Waals surface area contributed by atoms with Gasteiger partial charge in [-0.3, -0.25) is 0 Å². The van der Waals surface area contributed by atoms with Gasteiger partial charge in [0.1, 0.15) is 5.75 Å². The van der Waals surface area contributed by atoms with Crippen LogP contribution in [0.4, 0.5) is 0 Å². The molecule has 0 bridgehead atoms. The Morgan fingerprint density at radius 3 is 2.48 bits per heavy atom. The Labute approximate surface area is 159 Å². The van der Waals surface area contributed by atoms with Crippen LogP contribution in [0.2, 0.25) is 0 Å². The van der Waals surface area contributed by atoms with Crippen molar-refractivity contribution >= 4 is 10.8 Å². The average Bonchev–Trinajstić information content (AvgIpc) is 3.31. The first-order valence-corrected chi connectivity index (χ1v) is 9.69. The molecule has 1 nitrogen and oxygen atoms in total. The van der Waals surface area contributed by atoms with Gasteiger partial charge in [0, 0.05) is 23.3 Å². The Morgan fingerprint density at radius 2 is 1.63 bits per heavy atom. The van der Waals surface area contributed by atoms with Gasteiger partial charge in [-0.05, 0) is 40.1 Å². The molecular formula is C26H20O. The molecule has 0 fully saturated rings. The van der Waals surface area contributed by atoms with Crippen LogP contribution in [0.3, 0.4) is 0 Å². The highest BCUT2D eigenvalue weighted by Crippen LogP contribution is 2.55. The van der Waals surface area contributed by atoms with Gasteiger partial charge in [0.05, 0.1) is 6.61 Å². The highest BCUT2D eigenvalue weighted by molar-refractivity contribution is 6.03. The van der Waals surface area contributed by atoms with Crippen molar-refractivity contribution in [1.82, 2.24) is 0 Å². The molecule has 1 atom stereocenters. The summed E-state index contributed by atoms with van der Waals surface area (Å²) in [5.74, 6) is 1.39. The minimum atomic E-state index is 0.284. The number of ether oxygens (including phenoxy) is 1. The van der Waals surface area contributed by atoms with Crippen LogP contribution in [0.1, 0.15) is 33.7 Å². The minimum Gasteiger partial charge on any atom is -0.492 e. The smallest absolute Gasteiger partial charge is 0.131 e. The van der Waals surface area contributed by atoms with Crippen LogP contribution in [0.15, 0.2) is 72.8 Å². The predicted molar refractivity (Wildman–Crippen MR) is 111 cm³/mol. The lowest BCUT2D eigenvalue weighted by Gasteiger charge is -2.18. The molecule has 0 saturated carbocycles. The summed E-state index contributed by atoms with van der Waals surface area (Å²) >= 11 is 0. The van der Waals surface area contributed by atoms with E-state index in [4.69, 9.17) is 4.74 Å². The summed E-state index contributed by atoms with van der Waals surface area (Å²) in [6.07, 6.45) is 0.997. The highest BCUT2D eigenvalue weighted by atomic mass is 16.5. The van der Waals surface area contributed by atoms with Gasteiger partial charge < -0.3 is 4.74 Å². The van der Waals surface area contributed by atoms with Gasteiger partial charge in [-0.15, -0.1) is 0 Å². The highest BCUT2D eigenvalue weighted by Gasteiger charge is 2.36. The Balaban J connectivity index is 1.80. The van der Waals surface area contributed by atoms with E-state index in [9.17, 15) is 0 Å². The van der Waals surface area contributed by atoms with Crippen LogP contribution in [0.25, 0.3) is 21.9 Å². The van der Waals surface area contributed by atoms with E-state index in [1.807, 2.05) is 0 Å². The van der Waals surface area contributed by atoms with Crippen LogP contribution in [0.5, 0.6) is 5.75 Å². The number of hydrogen-bond donors (Lipinski definition) is 0. The van der Waals surface area contributed by atoms with Gasteiger partial charge in [0.25, 0.3) is 0 Å². The first-order valence-electron chi connectivity index (χ1n) is 9.69. The van der Waals surface area contributed by atoms with Crippen molar-refractivity contribution in [3.63, 3.8) is 0 Å². The lowest BCUT2D eigenvalue weighted by molar-refractivity contribution is 0.360. The average molecular weight is 348 g/mol. The third kappa shape index (κ3) is 2.00. The van der Waals surface area contributed by atoms with E-state index in [-0.39, 0.29) is 5.92 Å². The Hall–Kier alpha value is -3.06. The first kappa shape index (κ1) is 15.0. The Kier molecular flexibility index (Phi) is 3.05. The Morgan fingerprint density at radius 1 is 0.852 bits per heavy atom. The van der Waals surface area contributed by atoms with Crippen molar-refractivity contribution in [2.45, 2.75) is 19.3 Å². The molecule has 2 aliphatic rings. The fourth-order valence-electron chi connectivity index (χ4n) is 5.05. The summed E-state index contributed by atoms with van der Waals surface area (Å²) in [5, 5.41) is 2.59. The maximum atomic E-state index is 6.12. The molecule has 4 aromatic carbocycles. The van der Waals surface area contributed by atoms with Crippen molar-refractivity contribution in [1.29, 1.82) is 0 Å². The second-order valence-electron chi connectivity index (χ2n) is 7.67. The molecule has 6 rings (SSSR count). The van der Waals surface area contributed by atoms with Gasteiger partial charge in [-0.1, -0.05) is 78.4 Å². The molecule has 0 radical (unpaired) electrons. The van der Waals surface area contributed by atoms with E-state index in [0.29, 0.717) is 0 Å². The lowest BCUT2D eigenvalue weighted by Crippen LogP contribution is -2.01. The van der Waals surface area contributed by atoms with Crippen molar-refractivity contribution in [2.24, 2.45) is 0 Å². The zero-order valence-electron chi connectivity index (χ0n) is 15.3. The van der Waals surface area contributed by atoms with E-state index >= 15 is 0 Å². The van der Waals surface area contributed by atoms with E-state index in [2.05, 4.69) is 79.7 Å². The maximum Gasteiger partial charge on any atom is 0.131 e. The van der Waals surface area contributed by atoms with Gasteiger partial charge >= 0.3 is 0 Å². The lowest BCUT2D eigenvalue weighted by atomic mass is 9.85. The van der Waals surface area contributed by atoms with E-state index in [1.54, 1.807) is 0 Å². The van der Waals surface area contributed by atoms with Crippen molar-refractivity contribution in [3.05, 3.63) is 101 Å². The summed E-state index contributed by atoms with van der Waals surface area (Å²) in [7, 11) is 0. The molecule has 1 aliphatic heterocycles. The second-order valence-corrected chi connectivity index (χ2v) is 7.67. The second kappa shape index (κ2) is 5.47. The molecule has 130 valence electrons. The van der Waals surface area contributed by atoms with Crippen LogP contribution in [-0.2, 0) is 6.42 Å². The normalized spacial score (nSPS) is 16.7. The third-order valence-electron chi connectivity index (χ3n) is 6.11. The first-order chi connectivity index (χ1) is 13.3. The number of fused-ring (bicyclic) bond motifs is 8. The molecule has 1 unspecified atom stereocenters. The fourth-order valence-corrected chi connectivity index (χ4v) is 5.05. The molecule has 4 aromatic rings. The summed E-state index contributed by atoms with van der Waals surface area (Å²) in [5.41, 5.74) is 9.78. The molecule has 0 spiro atoms. The molecule has 1 heteroatoms. The largest absolute Gasteiger partial charge is 0.492 e. The summed E-state index contributed by atoms with van der Waals surface area (Å²) in [4.78, 5) is 0.